The van der Waals surface area contributed by atoms with Crippen molar-refractivity contribution in [2.75, 3.05) is 14.2 Å². The third-order valence-electron chi connectivity index (χ3n) is 9.16. The van der Waals surface area contributed by atoms with Crippen LogP contribution in [0.3, 0.4) is 0 Å². The van der Waals surface area contributed by atoms with E-state index in [-0.39, 0.29) is 42.6 Å². The lowest BCUT2D eigenvalue weighted by atomic mass is 9.96. The van der Waals surface area contributed by atoms with Crippen LogP contribution in [0.5, 0.6) is 0 Å². The minimum Gasteiger partial charge on any atom is -0.469 e. The van der Waals surface area contributed by atoms with Crippen LogP contribution in [0.2, 0.25) is 0 Å². The van der Waals surface area contributed by atoms with Gasteiger partial charge in [0.2, 0.25) is 5.91 Å². The van der Waals surface area contributed by atoms with Crippen molar-refractivity contribution in [3.63, 3.8) is 0 Å². The monoisotopic (exact) mass is 616 g/mol. The summed E-state index contributed by atoms with van der Waals surface area (Å²) in [5, 5.41) is 4.71. The second-order valence-electron chi connectivity index (χ2n) is 11.6. The number of methoxy groups -OCH3 is 2. The Labute approximate surface area is 263 Å². The molecule has 4 rings (SSSR count). The third kappa shape index (κ3) is 6.95. The summed E-state index contributed by atoms with van der Waals surface area (Å²) < 4.78 is 9.85. The zero-order valence-electron chi connectivity index (χ0n) is 27.6. The molecule has 0 saturated heterocycles. The maximum absolute atomic E-state index is 12.4. The van der Waals surface area contributed by atoms with Crippen molar-refractivity contribution in [3.05, 3.63) is 66.6 Å². The van der Waals surface area contributed by atoms with Gasteiger partial charge in [-0.2, -0.15) is 0 Å². The van der Waals surface area contributed by atoms with Crippen LogP contribution >= 0.6 is 0 Å². The van der Waals surface area contributed by atoms with Crippen LogP contribution in [-0.4, -0.2) is 59.7 Å². The fourth-order valence-electron chi connectivity index (χ4n) is 6.36. The number of nitrogens with zero attached hydrogens (tertiary/aromatic N) is 1. The predicted octanol–water partition coefficient (Wildman–Crippen LogP) is 3.26. The molecule has 0 aromatic carbocycles. The number of amides is 2. The van der Waals surface area contributed by atoms with E-state index in [1.807, 2.05) is 46.8 Å². The normalized spacial score (nSPS) is 17.5. The highest BCUT2D eigenvalue weighted by Gasteiger charge is 2.29. The number of rotatable bonds is 12. The van der Waals surface area contributed by atoms with E-state index in [9.17, 15) is 19.2 Å². The van der Waals surface area contributed by atoms with Crippen LogP contribution < -0.4 is 16.0 Å². The van der Waals surface area contributed by atoms with E-state index in [2.05, 4.69) is 27.2 Å². The fraction of sp³-hybridized carbons (Fsp3) is 0.457. The first-order valence-corrected chi connectivity index (χ1v) is 15.5. The van der Waals surface area contributed by atoms with Gasteiger partial charge < -0.3 is 24.8 Å². The second-order valence-corrected chi connectivity index (χ2v) is 11.6. The van der Waals surface area contributed by atoms with E-state index in [1.54, 1.807) is 0 Å². The molecule has 0 fully saturated rings. The predicted molar refractivity (Wildman–Crippen MR) is 173 cm³/mol. The number of H-pyrrole nitrogens is 2. The van der Waals surface area contributed by atoms with Crippen molar-refractivity contribution in [3.8, 4) is 0 Å². The minimum absolute atomic E-state index is 0.0376. The molecule has 2 aliphatic rings. The Hall–Kier alpha value is -4.47. The number of esters is 2. The van der Waals surface area contributed by atoms with Crippen LogP contribution in [0.15, 0.2) is 27.3 Å². The quantitative estimate of drug-likeness (QED) is 0.313. The first kappa shape index (κ1) is 33.4. The van der Waals surface area contributed by atoms with Crippen molar-refractivity contribution in [1.82, 2.24) is 15.3 Å². The van der Waals surface area contributed by atoms with Crippen molar-refractivity contribution in [2.24, 2.45) is 4.99 Å². The van der Waals surface area contributed by atoms with Gasteiger partial charge >= 0.3 is 11.9 Å². The average Bonchev–Trinajstić information content (AvgIpc) is 3.66. The highest BCUT2D eigenvalue weighted by atomic mass is 16.5. The first-order valence-electron chi connectivity index (χ1n) is 15.5. The van der Waals surface area contributed by atoms with Gasteiger partial charge in [-0.15, -0.1) is 0 Å². The SMILES string of the molecule is CCC1=C(C)C(/C=c2\[nH]/c(=C\c3[nH]c(CC4NC(=O)C(C)=C4CC)c(C)c3CCC(=O)OC)c(CCC(=O)OC)c2C)=NC1=O. The molecular weight excluding hydrogens is 572 g/mol. The Balaban J connectivity index is 1.86. The molecule has 0 aliphatic carbocycles. The smallest absolute Gasteiger partial charge is 0.305 e. The fourth-order valence-corrected chi connectivity index (χ4v) is 6.36. The first-order chi connectivity index (χ1) is 21.4. The molecule has 0 saturated carbocycles. The Kier molecular flexibility index (Phi) is 10.5. The van der Waals surface area contributed by atoms with E-state index in [0.29, 0.717) is 37.0 Å². The number of ether oxygens (including phenoxy) is 2. The Morgan fingerprint density at radius 1 is 0.822 bits per heavy atom. The number of nitrogens with one attached hydrogen (secondary N) is 3. The molecule has 0 radical (unpaired) electrons. The molecule has 4 heterocycles. The van der Waals surface area contributed by atoms with Crippen LogP contribution in [0.25, 0.3) is 12.2 Å². The lowest BCUT2D eigenvalue weighted by molar-refractivity contribution is -0.141. The van der Waals surface area contributed by atoms with Crippen molar-refractivity contribution in [1.29, 1.82) is 0 Å². The summed E-state index contributed by atoms with van der Waals surface area (Å²) >= 11 is 0. The van der Waals surface area contributed by atoms with E-state index < -0.39 is 0 Å². The van der Waals surface area contributed by atoms with E-state index >= 15 is 0 Å². The Morgan fingerprint density at radius 3 is 2.04 bits per heavy atom. The van der Waals surface area contributed by atoms with Crippen molar-refractivity contribution in [2.45, 2.75) is 92.5 Å². The topological polar surface area (TPSA) is 143 Å². The number of hydrogen-bond acceptors (Lipinski definition) is 6. The van der Waals surface area contributed by atoms with Gasteiger partial charge in [0.05, 0.1) is 26.0 Å². The Morgan fingerprint density at radius 2 is 1.47 bits per heavy atom. The number of carbonyl (C=O) groups is 4. The maximum Gasteiger partial charge on any atom is 0.305 e. The maximum atomic E-state index is 12.4. The number of hydrogen-bond donors (Lipinski definition) is 3. The number of carbonyl (C=O) groups excluding carboxylic acids is 4. The molecule has 240 valence electrons. The molecule has 1 atom stereocenters. The summed E-state index contributed by atoms with van der Waals surface area (Å²) in [7, 11) is 2.75. The van der Waals surface area contributed by atoms with Gasteiger partial charge in [0.1, 0.15) is 0 Å². The highest BCUT2D eigenvalue weighted by Crippen LogP contribution is 2.27. The van der Waals surface area contributed by atoms with Crippen molar-refractivity contribution < 1.29 is 28.7 Å². The molecule has 2 aromatic rings. The Bertz CT molecular complexity index is 1760. The molecule has 0 spiro atoms. The molecular formula is C35H44N4O6. The molecule has 3 N–H and O–H groups in total. The van der Waals surface area contributed by atoms with Gasteiger partial charge in [0.15, 0.2) is 0 Å². The number of allylic oxidation sites excluding steroid dienone is 1. The number of aliphatic imine (C=N–C) groups is 1. The van der Waals surface area contributed by atoms with Gasteiger partial charge in [0.25, 0.3) is 5.91 Å². The van der Waals surface area contributed by atoms with Crippen LogP contribution in [-0.2, 0) is 47.9 Å². The molecule has 2 amide bonds. The standard InChI is InChI=1S/C35H44N4O6/c1-9-22-21(6)34(42)39-29(22)16-27-20(5)25(12-14-33(41)45-8)31(37-27)17-30-24(11-13-32(40)44-7)19(4)26(36-30)15-28-18(3)23(10-2)35(43)38-28/h15,17,29,36-37H,9-14,16H2,1-8H3,(H,39,42)/b26-15-,30-17-. The zero-order chi connectivity index (χ0) is 33.0. The summed E-state index contributed by atoms with van der Waals surface area (Å²) in [6.07, 6.45) is 7.20. The zero-order valence-corrected chi connectivity index (χ0v) is 27.6. The van der Waals surface area contributed by atoms with Crippen molar-refractivity contribution >= 4 is 41.6 Å². The molecule has 1 unspecified atom stereocenters. The van der Waals surface area contributed by atoms with Gasteiger partial charge in [0, 0.05) is 52.5 Å². The lowest BCUT2D eigenvalue weighted by Gasteiger charge is -2.14. The largest absolute Gasteiger partial charge is 0.469 e. The molecule has 2 aromatic heterocycles. The number of aromatic amines is 2. The molecule has 0 bridgehead atoms. The van der Waals surface area contributed by atoms with E-state index in [4.69, 9.17) is 9.47 Å². The third-order valence-corrected chi connectivity index (χ3v) is 9.16. The average molecular weight is 617 g/mol. The van der Waals surface area contributed by atoms with Gasteiger partial charge in [-0.05, 0) is 98.9 Å². The summed E-state index contributed by atoms with van der Waals surface area (Å²) in [4.78, 5) is 60.6. The highest BCUT2D eigenvalue weighted by molar-refractivity contribution is 6.30. The second kappa shape index (κ2) is 14.1. The lowest BCUT2D eigenvalue weighted by Crippen LogP contribution is -2.31. The molecule has 2 aliphatic heterocycles. The van der Waals surface area contributed by atoms with Crippen LogP contribution in [0.1, 0.15) is 87.0 Å². The van der Waals surface area contributed by atoms with Gasteiger partial charge in [-0.25, -0.2) is 4.99 Å². The summed E-state index contributed by atoms with van der Waals surface area (Å²) in [6.45, 7) is 11.8. The summed E-state index contributed by atoms with van der Waals surface area (Å²) in [5.74, 6) is -0.854. The molecule has 10 nitrogen and oxygen atoms in total. The summed E-state index contributed by atoms with van der Waals surface area (Å²) in [5.41, 5.74) is 9.77. The van der Waals surface area contributed by atoms with Crippen LogP contribution in [0, 0.1) is 13.8 Å². The molecule has 10 heteroatoms. The summed E-state index contributed by atoms with van der Waals surface area (Å²) in [6, 6.07) is -0.107. The minimum atomic E-state index is -0.310. The number of aromatic nitrogens is 2. The van der Waals surface area contributed by atoms with E-state index in [1.165, 1.54) is 14.2 Å². The van der Waals surface area contributed by atoms with E-state index in [0.717, 1.165) is 67.5 Å². The molecule has 45 heavy (non-hydrogen) atoms. The van der Waals surface area contributed by atoms with Crippen LogP contribution in [0.4, 0.5) is 0 Å². The van der Waals surface area contributed by atoms with Gasteiger partial charge in [-0.1, -0.05) is 13.8 Å². The van der Waals surface area contributed by atoms with Gasteiger partial charge in [-0.3, -0.25) is 19.2 Å².